The predicted octanol–water partition coefficient (Wildman–Crippen LogP) is 4.45. The van der Waals surface area contributed by atoms with Gasteiger partial charge in [0.15, 0.2) is 17.3 Å². The van der Waals surface area contributed by atoms with Crippen LogP contribution in [-0.2, 0) is 19.4 Å². The van der Waals surface area contributed by atoms with Crippen LogP contribution in [0.4, 0.5) is 10.1 Å². The van der Waals surface area contributed by atoms with Crippen molar-refractivity contribution in [2.75, 3.05) is 12.4 Å². The first-order valence-electron chi connectivity index (χ1n) is 10.6. The summed E-state index contributed by atoms with van der Waals surface area (Å²) in [6.07, 6.45) is 3.78. The number of anilines is 1. The van der Waals surface area contributed by atoms with Crippen molar-refractivity contribution in [3.05, 3.63) is 58.0 Å². The second kappa shape index (κ2) is 8.53. The van der Waals surface area contributed by atoms with Gasteiger partial charge in [-0.15, -0.1) is 0 Å². The summed E-state index contributed by atoms with van der Waals surface area (Å²) in [5, 5.41) is 11.5. The molecular formula is C23H27FN4O3. The van der Waals surface area contributed by atoms with E-state index >= 15 is 0 Å². The number of fused-ring (bicyclic) bond motifs is 1. The number of benzene rings is 1. The number of methoxy groups -OCH3 is 1. The molecule has 0 aliphatic heterocycles. The summed E-state index contributed by atoms with van der Waals surface area (Å²) in [4.78, 5) is 13.0. The number of nitrogens with one attached hydrogen (secondary N) is 1. The Morgan fingerprint density at radius 2 is 2.19 bits per heavy atom. The maximum Gasteiger partial charge on any atom is 0.278 e. The minimum Gasteiger partial charge on any atom is -0.494 e. The van der Waals surface area contributed by atoms with Crippen LogP contribution in [0.1, 0.15) is 58.5 Å². The number of rotatable bonds is 6. The first-order valence-corrected chi connectivity index (χ1v) is 10.6. The molecule has 1 N–H and O–H groups in total. The number of carbonyl (C=O) groups is 1. The van der Waals surface area contributed by atoms with E-state index in [9.17, 15) is 9.18 Å². The van der Waals surface area contributed by atoms with E-state index in [1.54, 1.807) is 16.8 Å². The Morgan fingerprint density at radius 3 is 2.90 bits per heavy atom. The van der Waals surface area contributed by atoms with Crippen LogP contribution in [0.3, 0.4) is 0 Å². The highest BCUT2D eigenvalue weighted by atomic mass is 19.1. The number of carbonyl (C=O) groups excluding carboxylic acids is 1. The van der Waals surface area contributed by atoms with Gasteiger partial charge in [-0.3, -0.25) is 9.48 Å². The first kappa shape index (κ1) is 21.1. The smallest absolute Gasteiger partial charge is 0.278 e. The van der Waals surface area contributed by atoms with E-state index in [1.807, 2.05) is 13.8 Å². The molecular weight excluding hydrogens is 399 g/mol. The molecule has 0 fully saturated rings. The summed E-state index contributed by atoms with van der Waals surface area (Å²) in [5.41, 5.74) is 4.13. The Hall–Kier alpha value is -3.16. The Bertz CT molecular complexity index is 1120. The Balaban J connectivity index is 1.54. The standard InChI is InChI=1S/C23H27FN4O3/c1-5-15-6-8-19-17(10-15)22(27-31-19)23(29)25-21-13(2)26-28(14(21)3)12-16-7-9-20(30-4)18(24)11-16/h7,9,11,15H,5-6,8,10,12H2,1-4H3,(H,25,29). The number of hydrogen-bond donors (Lipinski definition) is 1. The summed E-state index contributed by atoms with van der Waals surface area (Å²) < 4.78 is 26.2. The van der Waals surface area contributed by atoms with Gasteiger partial charge in [0.1, 0.15) is 5.76 Å². The zero-order valence-corrected chi connectivity index (χ0v) is 18.3. The second-order valence-electron chi connectivity index (χ2n) is 8.08. The zero-order valence-electron chi connectivity index (χ0n) is 18.3. The predicted molar refractivity (Wildman–Crippen MR) is 114 cm³/mol. The zero-order chi connectivity index (χ0) is 22.1. The minimum atomic E-state index is -0.420. The second-order valence-corrected chi connectivity index (χ2v) is 8.08. The molecule has 164 valence electrons. The molecule has 1 aliphatic rings. The lowest BCUT2D eigenvalue weighted by molar-refractivity contribution is 0.101. The molecule has 1 aromatic carbocycles. The van der Waals surface area contributed by atoms with Gasteiger partial charge in [0.05, 0.1) is 30.7 Å². The lowest BCUT2D eigenvalue weighted by Gasteiger charge is -2.19. The van der Waals surface area contributed by atoms with E-state index in [0.29, 0.717) is 29.5 Å². The highest BCUT2D eigenvalue weighted by molar-refractivity contribution is 6.04. The lowest BCUT2D eigenvalue weighted by atomic mass is 9.85. The van der Waals surface area contributed by atoms with E-state index < -0.39 is 5.82 Å². The number of hydrogen-bond acceptors (Lipinski definition) is 5. The third-order valence-electron chi connectivity index (χ3n) is 6.10. The molecule has 2 aromatic heterocycles. The fourth-order valence-corrected chi connectivity index (χ4v) is 4.19. The molecule has 0 bridgehead atoms. The monoisotopic (exact) mass is 426 g/mol. The van der Waals surface area contributed by atoms with Gasteiger partial charge in [0, 0.05) is 12.0 Å². The van der Waals surface area contributed by atoms with Crippen molar-refractivity contribution in [2.45, 2.75) is 53.0 Å². The fraction of sp³-hybridized carbons (Fsp3) is 0.435. The summed E-state index contributed by atoms with van der Waals surface area (Å²) >= 11 is 0. The van der Waals surface area contributed by atoms with Crippen molar-refractivity contribution < 1.29 is 18.4 Å². The number of aryl methyl sites for hydroxylation is 2. The van der Waals surface area contributed by atoms with E-state index in [0.717, 1.165) is 48.3 Å². The van der Waals surface area contributed by atoms with Crippen LogP contribution in [-0.4, -0.2) is 28.0 Å². The summed E-state index contributed by atoms with van der Waals surface area (Å²) in [5.74, 6) is 0.862. The van der Waals surface area contributed by atoms with E-state index in [2.05, 4.69) is 22.5 Å². The molecule has 0 radical (unpaired) electrons. The van der Waals surface area contributed by atoms with Crippen LogP contribution in [0.15, 0.2) is 22.7 Å². The molecule has 0 saturated carbocycles. The van der Waals surface area contributed by atoms with Gasteiger partial charge in [0.2, 0.25) is 0 Å². The summed E-state index contributed by atoms with van der Waals surface area (Å²) in [7, 11) is 1.43. The van der Waals surface area contributed by atoms with Crippen molar-refractivity contribution in [2.24, 2.45) is 5.92 Å². The Labute approximate surface area is 180 Å². The summed E-state index contributed by atoms with van der Waals surface area (Å²) in [6.45, 7) is 6.25. The maximum absolute atomic E-state index is 14.0. The molecule has 0 spiro atoms. The van der Waals surface area contributed by atoms with Crippen LogP contribution in [0.2, 0.25) is 0 Å². The number of halogens is 1. The van der Waals surface area contributed by atoms with E-state index in [-0.39, 0.29) is 11.7 Å². The average molecular weight is 426 g/mol. The van der Waals surface area contributed by atoms with Crippen molar-refractivity contribution in [1.82, 2.24) is 14.9 Å². The SMILES string of the molecule is CCC1CCc2onc(C(=O)Nc3c(C)nn(Cc4ccc(OC)c(F)c4)c3C)c2C1. The van der Waals surface area contributed by atoms with E-state index in [4.69, 9.17) is 9.26 Å². The van der Waals surface area contributed by atoms with Gasteiger partial charge in [-0.1, -0.05) is 24.6 Å². The number of ether oxygens (including phenoxy) is 1. The van der Waals surface area contributed by atoms with Gasteiger partial charge < -0.3 is 14.6 Å². The summed E-state index contributed by atoms with van der Waals surface area (Å²) in [6, 6.07) is 4.82. The van der Waals surface area contributed by atoms with Crippen LogP contribution in [0.25, 0.3) is 0 Å². The number of nitrogens with zero attached hydrogens (tertiary/aromatic N) is 3. The van der Waals surface area contributed by atoms with Crippen LogP contribution >= 0.6 is 0 Å². The molecule has 1 atom stereocenters. The lowest BCUT2D eigenvalue weighted by Crippen LogP contribution is -2.19. The molecule has 1 aliphatic carbocycles. The van der Waals surface area contributed by atoms with Gasteiger partial charge in [0.25, 0.3) is 5.91 Å². The van der Waals surface area contributed by atoms with Crippen molar-refractivity contribution in [3.63, 3.8) is 0 Å². The van der Waals surface area contributed by atoms with Gasteiger partial charge in [-0.2, -0.15) is 5.10 Å². The minimum absolute atomic E-state index is 0.200. The topological polar surface area (TPSA) is 82.2 Å². The molecule has 2 heterocycles. The Morgan fingerprint density at radius 1 is 1.39 bits per heavy atom. The molecule has 3 aromatic rings. The molecule has 7 nitrogen and oxygen atoms in total. The van der Waals surface area contributed by atoms with Crippen LogP contribution < -0.4 is 10.1 Å². The van der Waals surface area contributed by atoms with Crippen molar-refractivity contribution in [3.8, 4) is 5.75 Å². The first-order chi connectivity index (χ1) is 14.9. The molecule has 1 unspecified atom stereocenters. The van der Waals surface area contributed by atoms with E-state index in [1.165, 1.54) is 13.2 Å². The average Bonchev–Trinajstić information content (AvgIpc) is 3.29. The molecule has 0 saturated heterocycles. The molecule has 4 rings (SSSR count). The third kappa shape index (κ3) is 4.06. The van der Waals surface area contributed by atoms with Crippen LogP contribution in [0.5, 0.6) is 5.75 Å². The number of aromatic nitrogens is 3. The van der Waals surface area contributed by atoms with Gasteiger partial charge in [-0.25, -0.2) is 4.39 Å². The molecule has 8 heteroatoms. The van der Waals surface area contributed by atoms with Crippen molar-refractivity contribution >= 4 is 11.6 Å². The largest absolute Gasteiger partial charge is 0.494 e. The Kier molecular flexibility index (Phi) is 5.80. The highest BCUT2D eigenvalue weighted by Crippen LogP contribution is 2.31. The maximum atomic E-state index is 14.0. The quantitative estimate of drug-likeness (QED) is 0.630. The molecule has 31 heavy (non-hydrogen) atoms. The van der Waals surface area contributed by atoms with Gasteiger partial charge >= 0.3 is 0 Å². The van der Waals surface area contributed by atoms with Crippen LogP contribution in [0, 0.1) is 25.6 Å². The fourth-order valence-electron chi connectivity index (χ4n) is 4.19. The van der Waals surface area contributed by atoms with Crippen molar-refractivity contribution in [1.29, 1.82) is 0 Å². The molecule has 1 amide bonds. The normalized spacial score (nSPS) is 15.6. The highest BCUT2D eigenvalue weighted by Gasteiger charge is 2.28. The third-order valence-corrected chi connectivity index (χ3v) is 6.10. The number of amides is 1. The van der Waals surface area contributed by atoms with Gasteiger partial charge in [-0.05, 0) is 50.3 Å².